The lowest BCUT2D eigenvalue weighted by molar-refractivity contribution is -0.139. The third-order valence-corrected chi connectivity index (χ3v) is 2.71. The highest BCUT2D eigenvalue weighted by atomic mass is 16.4. The van der Waals surface area contributed by atoms with E-state index in [1.54, 1.807) is 0 Å². The number of nitrogens with zero attached hydrogens (tertiary/aromatic N) is 2. The van der Waals surface area contributed by atoms with Crippen LogP contribution in [0, 0.1) is 5.92 Å². The predicted octanol–water partition coefficient (Wildman–Crippen LogP) is 1.33. The standard InChI is InChI=1S/C13H22N4O3/c1-7(2)6-8(11(19)20)14-10(18)9-15-12(17-16-9)13(3,4)5/h7-8H,6H2,1-5H3,(H,14,18)(H,19,20)(H,15,16,17). The van der Waals surface area contributed by atoms with Gasteiger partial charge in [0.15, 0.2) is 0 Å². The summed E-state index contributed by atoms with van der Waals surface area (Å²) in [4.78, 5) is 27.2. The van der Waals surface area contributed by atoms with Gasteiger partial charge in [-0.1, -0.05) is 34.6 Å². The third-order valence-electron chi connectivity index (χ3n) is 2.71. The van der Waals surface area contributed by atoms with Crippen molar-refractivity contribution in [3.05, 3.63) is 11.6 Å². The van der Waals surface area contributed by atoms with Crippen molar-refractivity contribution in [3.63, 3.8) is 0 Å². The van der Waals surface area contributed by atoms with Gasteiger partial charge in [0.25, 0.3) is 5.91 Å². The van der Waals surface area contributed by atoms with Crippen LogP contribution in [-0.4, -0.2) is 38.2 Å². The summed E-state index contributed by atoms with van der Waals surface area (Å²) < 4.78 is 0. The molecule has 0 saturated heterocycles. The summed E-state index contributed by atoms with van der Waals surface area (Å²) in [6, 6.07) is -0.931. The van der Waals surface area contributed by atoms with Crippen LogP contribution < -0.4 is 5.32 Å². The molecule has 1 heterocycles. The molecule has 0 saturated carbocycles. The number of aliphatic carboxylic acids is 1. The molecule has 0 spiro atoms. The Bertz CT molecular complexity index is 488. The van der Waals surface area contributed by atoms with Crippen molar-refractivity contribution < 1.29 is 14.7 Å². The summed E-state index contributed by atoms with van der Waals surface area (Å²) in [6.07, 6.45) is 0.359. The van der Waals surface area contributed by atoms with Gasteiger partial charge in [-0.2, -0.15) is 0 Å². The van der Waals surface area contributed by atoms with Crippen molar-refractivity contribution in [3.8, 4) is 0 Å². The van der Waals surface area contributed by atoms with E-state index in [4.69, 9.17) is 5.11 Å². The van der Waals surface area contributed by atoms with E-state index >= 15 is 0 Å². The number of hydrogen-bond acceptors (Lipinski definition) is 4. The molecule has 0 bridgehead atoms. The largest absolute Gasteiger partial charge is 0.480 e. The van der Waals surface area contributed by atoms with E-state index in [1.807, 2.05) is 34.6 Å². The minimum Gasteiger partial charge on any atom is -0.480 e. The van der Waals surface area contributed by atoms with Crippen LogP contribution in [0.5, 0.6) is 0 Å². The lowest BCUT2D eigenvalue weighted by atomic mass is 9.96. The highest BCUT2D eigenvalue weighted by Gasteiger charge is 2.25. The molecule has 0 aliphatic carbocycles. The maximum Gasteiger partial charge on any atom is 0.326 e. The Morgan fingerprint density at radius 1 is 1.35 bits per heavy atom. The molecule has 1 rings (SSSR count). The molecule has 1 atom stereocenters. The fourth-order valence-corrected chi connectivity index (χ4v) is 1.61. The quantitative estimate of drug-likeness (QED) is 0.755. The van der Waals surface area contributed by atoms with Gasteiger partial charge in [0, 0.05) is 5.41 Å². The average Bonchev–Trinajstić information content (AvgIpc) is 2.75. The van der Waals surface area contributed by atoms with Gasteiger partial charge in [-0.25, -0.2) is 9.78 Å². The molecule has 1 aromatic rings. The van der Waals surface area contributed by atoms with Crippen LogP contribution in [0.2, 0.25) is 0 Å². The van der Waals surface area contributed by atoms with Crippen molar-refractivity contribution >= 4 is 11.9 Å². The van der Waals surface area contributed by atoms with Gasteiger partial charge < -0.3 is 10.4 Å². The molecule has 7 heteroatoms. The molecular weight excluding hydrogens is 260 g/mol. The first-order valence-corrected chi connectivity index (χ1v) is 6.57. The lowest BCUT2D eigenvalue weighted by Gasteiger charge is -2.15. The fraction of sp³-hybridized carbons (Fsp3) is 0.692. The van der Waals surface area contributed by atoms with Crippen LogP contribution in [0.3, 0.4) is 0 Å². The summed E-state index contributed by atoms with van der Waals surface area (Å²) in [5, 5.41) is 18.1. The molecular formula is C13H22N4O3. The van der Waals surface area contributed by atoms with Crippen molar-refractivity contribution in [2.45, 2.75) is 52.5 Å². The average molecular weight is 282 g/mol. The number of H-pyrrole nitrogens is 1. The summed E-state index contributed by atoms with van der Waals surface area (Å²) in [5.41, 5.74) is -0.254. The number of carboxylic acid groups (broad SMARTS) is 1. The zero-order chi connectivity index (χ0) is 15.5. The van der Waals surface area contributed by atoms with Gasteiger partial charge >= 0.3 is 5.97 Å². The van der Waals surface area contributed by atoms with E-state index in [1.165, 1.54) is 0 Å². The highest BCUT2D eigenvalue weighted by Crippen LogP contribution is 2.17. The Balaban J connectivity index is 2.79. The maximum atomic E-state index is 12.0. The van der Waals surface area contributed by atoms with Crippen LogP contribution >= 0.6 is 0 Å². The summed E-state index contributed by atoms with van der Waals surface area (Å²) in [6.45, 7) is 9.61. The normalized spacial score (nSPS) is 13.3. The van der Waals surface area contributed by atoms with Crippen molar-refractivity contribution in [1.29, 1.82) is 0 Å². The fourth-order valence-electron chi connectivity index (χ4n) is 1.61. The highest BCUT2D eigenvalue weighted by molar-refractivity contribution is 5.93. The second-order valence-electron chi connectivity index (χ2n) is 6.25. The van der Waals surface area contributed by atoms with E-state index in [0.717, 1.165) is 0 Å². The number of amides is 1. The Hall–Kier alpha value is -1.92. The molecule has 0 radical (unpaired) electrons. The molecule has 1 aromatic heterocycles. The first-order chi connectivity index (χ1) is 9.11. The number of aromatic amines is 1. The minimum absolute atomic E-state index is 0.0371. The molecule has 20 heavy (non-hydrogen) atoms. The smallest absolute Gasteiger partial charge is 0.326 e. The Kier molecular flexibility index (Phi) is 4.86. The van der Waals surface area contributed by atoms with Gasteiger partial charge in [0.2, 0.25) is 5.82 Å². The van der Waals surface area contributed by atoms with Gasteiger partial charge in [-0.05, 0) is 12.3 Å². The second-order valence-corrected chi connectivity index (χ2v) is 6.25. The lowest BCUT2D eigenvalue weighted by Crippen LogP contribution is -2.42. The van der Waals surface area contributed by atoms with Gasteiger partial charge in [-0.3, -0.25) is 9.89 Å². The van der Waals surface area contributed by atoms with Gasteiger partial charge in [0.1, 0.15) is 11.9 Å². The van der Waals surface area contributed by atoms with Crippen LogP contribution in [0.25, 0.3) is 0 Å². The summed E-state index contributed by atoms with van der Waals surface area (Å²) >= 11 is 0. The molecule has 0 aliphatic rings. The number of rotatable bonds is 5. The minimum atomic E-state index is -1.06. The SMILES string of the molecule is CC(C)CC(NC(=O)c1n[nH]c(C(C)(C)C)n1)C(=O)O. The van der Waals surface area contributed by atoms with E-state index in [0.29, 0.717) is 12.2 Å². The Morgan fingerprint density at radius 3 is 2.35 bits per heavy atom. The molecule has 0 aliphatic heterocycles. The molecule has 1 amide bonds. The van der Waals surface area contributed by atoms with Crippen molar-refractivity contribution in [1.82, 2.24) is 20.5 Å². The van der Waals surface area contributed by atoms with Crippen LogP contribution in [-0.2, 0) is 10.2 Å². The topological polar surface area (TPSA) is 108 Å². The zero-order valence-electron chi connectivity index (χ0n) is 12.5. The van der Waals surface area contributed by atoms with E-state index in [-0.39, 0.29) is 17.2 Å². The summed E-state index contributed by atoms with van der Waals surface area (Å²) in [7, 11) is 0. The number of hydrogen-bond donors (Lipinski definition) is 3. The predicted molar refractivity (Wildman–Crippen MR) is 73.4 cm³/mol. The zero-order valence-corrected chi connectivity index (χ0v) is 12.5. The van der Waals surface area contributed by atoms with E-state index < -0.39 is 17.9 Å². The first-order valence-electron chi connectivity index (χ1n) is 6.57. The second kappa shape index (κ2) is 6.02. The Morgan fingerprint density at radius 2 is 1.95 bits per heavy atom. The van der Waals surface area contributed by atoms with Crippen LogP contribution in [0.4, 0.5) is 0 Å². The Labute approximate surface area is 118 Å². The van der Waals surface area contributed by atoms with E-state index in [9.17, 15) is 9.59 Å². The molecule has 0 aromatic carbocycles. The molecule has 112 valence electrons. The molecule has 0 fully saturated rings. The third kappa shape index (κ3) is 4.32. The molecule has 7 nitrogen and oxygen atoms in total. The number of carbonyl (C=O) groups is 2. The molecule has 3 N–H and O–H groups in total. The number of nitrogens with one attached hydrogen (secondary N) is 2. The van der Waals surface area contributed by atoms with Gasteiger partial charge in [0.05, 0.1) is 0 Å². The van der Waals surface area contributed by atoms with Crippen molar-refractivity contribution in [2.24, 2.45) is 5.92 Å². The van der Waals surface area contributed by atoms with Gasteiger partial charge in [-0.15, -0.1) is 5.10 Å². The molecule has 1 unspecified atom stereocenters. The van der Waals surface area contributed by atoms with E-state index in [2.05, 4.69) is 20.5 Å². The number of aromatic nitrogens is 3. The first kappa shape index (κ1) is 16.1. The van der Waals surface area contributed by atoms with Crippen molar-refractivity contribution in [2.75, 3.05) is 0 Å². The van der Waals surface area contributed by atoms with Crippen LogP contribution in [0.15, 0.2) is 0 Å². The maximum absolute atomic E-state index is 12.0. The van der Waals surface area contributed by atoms with Crippen LogP contribution in [0.1, 0.15) is 57.5 Å². The summed E-state index contributed by atoms with van der Waals surface area (Å²) in [5.74, 6) is -0.930. The number of carboxylic acids is 1. The monoisotopic (exact) mass is 282 g/mol. The number of carbonyl (C=O) groups excluding carboxylic acids is 1.